The lowest BCUT2D eigenvalue weighted by molar-refractivity contribution is -0.318. The predicted molar refractivity (Wildman–Crippen MR) is 79.0 cm³/mol. The lowest BCUT2D eigenvalue weighted by atomic mass is 9.82. The maximum absolute atomic E-state index is 11.0. The summed E-state index contributed by atoms with van der Waals surface area (Å²) in [6.07, 6.45) is -7.63. The van der Waals surface area contributed by atoms with Gasteiger partial charge in [0.2, 0.25) is 0 Å². The number of rotatable bonds is 3. The monoisotopic (exact) mass is 340 g/mol. The Balaban J connectivity index is 1.92. The summed E-state index contributed by atoms with van der Waals surface area (Å²) in [6.45, 7) is 0.808. The summed E-state index contributed by atoms with van der Waals surface area (Å²) in [4.78, 5) is 0. The third-order valence-corrected chi connectivity index (χ3v) is 4.29. The molecule has 8 heteroatoms. The van der Waals surface area contributed by atoms with Crippen LogP contribution in [0.4, 0.5) is 0 Å². The van der Waals surface area contributed by atoms with Crippen LogP contribution in [0.2, 0.25) is 0 Å². The number of aliphatic hydroxyl groups is 5. The standard InChI is InChI=1S/C16H20O8/c1-8-13(24-15(22-8)9-5-3-2-4-6-9)16(21)10(7-17)23-14(20)11(18)12(16)19/h2-6,10-12,14-15,17-21H,7H2,1H3/t10-,11-,12-,14+,15?,16-/m1/s1. The van der Waals surface area contributed by atoms with Gasteiger partial charge >= 0.3 is 0 Å². The topological polar surface area (TPSA) is 129 Å². The van der Waals surface area contributed by atoms with E-state index in [4.69, 9.17) is 14.2 Å². The van der Waals surface area contributed by atoms with Crippen LogP contribution in [-0.4, -0.2) is 62.3 Å². The molecule has 8 nitrogen and oxygen atoms in total. The van der Waals surface area contributed by atoms with Crippen molar-refractivity contribution in [2.24, 2.45) is 0 Å². The van der Waals surface area contributed by atoms with Crippen LogP contribution in [0, 0.1) is 0 Å². The summed E-state index contributed by atoms with van der Waals surface area (Å²) in [5, 5.41) is 50.1. The molecule has 2 aliphatic rings. The van der Waals surface area contributed by atoms with Gasteiger partial charge in [-0.05, 0) is 6.92 Å². The van der Waals surface area contributed by atoms with Crippen LogP contribution in [0.25, 0.3) is 0 Å². The Morgan fingerprint density at radius 3 is 2.38 bits per heavy atom. The van der Waals surface area contributed by atoms with E-state index in [9.17, 15) is 25.5 Å². The van der Waals surface area contributed by atoms with Gasteiger partial charge in [0.1, 0.15) is 24.1 Å². The Labute approximate surface area is 138 Å². The van der Waals surface area contributed by atoms with E-state index >= 15 is 0 Å². The Morgan fingerprint density at radius 1 is 1.08 bits per heavy atom. The first-order valence-corrected chi connectivity index (χ1v) is 7.52. The maximum atomic E-state index is 11.0. The van der Waals surface area contributed by atoms with E-state index in [1.54, 1.807) is 24.3 Å². The normalized spacial score (nSPS) is 39.5. The Hall–Kier alpha value is -1.68. The van der Waals surface area contributed by atoms with Crippen molar-refractivity contribution in [2.45, 2.75) is 43.4 Å². The predicted octanol–water partition coefficient (Wildman–Crippen LogP) is -0.874. The zero-order valence-corrected chi connectivity index (χ0v) is 12.9. The highest BCUT2D eigenvalue weighted by molar-refractivity contribution is 5.27. The van der Waals surface area contributed by atoms with Gasteiger partial charge in [-0.2, -0.15) is 0 Å². The van der Waals surface area contributed by atoms with Gasteiger partial charge in [-0.15, -0.1) is 0 Å². The summed E-state index contributed by atoms with van der Waals surface area (Å²) in [7, 11) is 0. The molecular formula is C16H20O8. The van der Waals surface area contributed by atoms with E-state index in [2.05, 4.69) is 0 Å². The van der Waals surface area contributed by atoms with Gasteiger partial charge in [-0.3, -0.25) is 0 Å². The minimum atomic E-state index is -2.28. The number of hydrogen-bond acceptors (Lipinski definition) is 8. The van der Waals surface area contributed by atoms with Crippen molar-refractivity contribution in [1.82, 2.24) is 0 Å². The number of benzene rings is 1. The van der Waals surface area contributed by atoms with Crippen LogP contribution in [-0.2, 0) is 14.2 Å². The van der Waals surface area contributed by atoms with Crippen LogP contribution in [0.15, 0.2) is 41.9 Å². The van der Waals surface area contributed by atoms with Crippen molar-refractivity contribution >= 4 is 0 Å². The Morgan fingerprint density at radius 2 is 1.75 bits per heavy atom. The molecule has 6 atom stereocenters. The fraction of sp³-hybridized carbons (Fsp3) is 0.500. The fourth-order valence-electron chi connectivity index (χ4n) is 2.97. The third kappa shape index (κ3) is 2.57. The number of aliphatic hydroxyl groups excluding tert-OH is 4. The average molecular weight is 340 g/mol. The number of ether oxygens (including phenoxy) is 3. The molecule has 1 aromatic carbocycles. The molecule has 0 saturated carbocycles. The fourth-order valence-corrected chi connectivity index (χ4v) is 2.97. The van der Waals surface area contributed by atoms with Crippen LogP contribution in [0.1, 0.15) is 18.8 Å². The lowest BCUT2D eigenvalue weighted by Gasteiger charge is -2.46. The van der Waals surface area contributed by atoms with Crippen LogP contribution in [0.5, 0.6) is 0 Å². The maximum Gasteiger partial charge on any atom is 0.267 e. The molecule has 2 heterocycles. The SMILES string of the molecule is CC1=C([C@]2(O)[C@H](O)[C@@H](O)[C@@H](O)O[C@@H]2CO)OC(c2ccccc2)O1. The summed E-state index contributed by atoms with van der Waals surface area (Å²) < 4.78 is 16.2. The third-order valence-electron chi connectivity index (χ3n) is 4.29. The molecule has 0 radical (unpaired) electrons. The van der Waals surface area contributed by atoms with Crippen LogP contribution in [0.3, 0.4) is 0 Å². The molecule has 3 rings (SSSR count). The van der Waals surface area contributed by atoms with Crippen LogP contribution < -0.4 is 0 Å². The molecule has 1 fully saturated rings. The van der Waals surface area contributed by atoms with E-state index < -0.39 is 43.1 Å². The molecule has 132 valence electrons. The Kier molecular flexibility index (Phi) is 4.52. The highest BCUT2D eigenvalue weighted by Gasteiger charge is 2.60. The van der Waals surface area contributed by atoms with E-state index in [1.807, 2.05) is 6.07 Å². The van der Waals surface area contributed by atoms with Gasteiger partial charge in [0.05, 0.1) is 6.61 Å². The quantitative estimate of drug-likeness (QED) is 0.480. The van der Waals surface area contributed by atoms with Gasteiger partial charge in [-0.1, -0.05) is 30.3 Å². The molecule has 5 N–H and O–H groups in total. The largest absolute Gasteiger partial charge is 0.452 e. The van der Waals surface area contributed by atoms with Crippen molar-refractivity contribution in [3.63, 3.8) is 0 Å². The van der Waals surface area contributed by atoms with Crippen molar-refractivity contribution < 1.29 is 39.7 Å². The summed E-state index contributed by atoms with van der Waals surface area (Å²) >= 11 is 0. The van der Waals surface area contributed by atoms with Crippen molar-refractivity contribution in [3.8, 4) is 0 Å². The second-order valence-electron chi connectivity index (χ2n) is 5.82. The van der Waals surface area contributed by atoms with E-state index in [0.29, 0.717) is 5.56 Å². The zero-order chi connectivity index (χ0) is 17.5. The summed E-state index contributed by atoms with van der Waals surface area (Å²) in [5.74, 6) is 0.0184. The van der Waals surface area contributed by atoms with Gasteiger partial charge in [0.25, 0.3) is 6.29 Å². The van der Waals surface area contributed by atoms with Crippen LogP contribution >= 0.6 is 0 Å². The van der Waals surface area contributed by atoms with Crippen molar-refractivity contribution in [2.75, 3.05) is 6.61 Å². The molecule has 0 spiro atoms. The van der Waals surface area contributed by atoms with E-state index in [-0.39, 0.29) is 11.5 Å². The molecule has 1 aromatic rings. The van der Waals surface area contributed by atoms with Gasteiger partial charge in [0, 0.05) is 5.56 Å². The highest BCUT2D eigenvalue weighted by Crippen LogP contribution is 2.44. The van der Waals surface area contributed by atoms with E-state index in [0.717, 1.165) is 0 Å². The second-order valence-corrected chi connectivity index (χ2v) is 5.82. The first-order valence-electron chi connectivity index (χ1n) is 7.52. The molecule has 1 saturated heterocycles. The van der Waals surface area contributed by atoms with Gasteiger partial charge in [0.15, 0.2) is 17.7 Å². The van der Waals surface area contributed by atoms with E-state index in [1.165, 1.54) is 6.92 Å². The first kappa shape index (κ1) is 17.2. The highest BCUT2D eigenvalue weighted by atomic mass is 16.7. The molecule has 0 aromatic heterocycles. The number of allylic oxidation sites excluding steroid dienone is 1. The van der Waals surface area contributed by atoms with Crippen molar-refractivity contribution in [1.29, 1.82) is 0 Å². The molecule has 24 heavy (non-hydrogen) atoms. The minimum Gasteiger partial charge on any atom is -0.452 e. The number of hydrogen-bond donors (Lipinski definition) is 5. The molecule has 0 amide bonds. The first-order chi connectivity index (χ1) is 11.4. The molecule has 1 unspecified atom stereocenters. The molecule has 0 aliphatic carbocycles. The van der Waals surface area contributed by atoms with Gasteiger partial charge in [-0.25, -0.2) is 0 Å². The van der Waals surface area contributed by atoms with Crippen molar-refractivity contribution in [3.05, 3.63) is 47.4 Å². The summed E-state index contributed by atoms with van der Waals surface area (Å²) in [5.41, 5.74) is -1.59. The smallest absolute Gasteiger partial charge is 0.267 e. The summed E-state index contributed by atoms with van der Waals surface area (Å²) in [6, 6.07) is 8.94. The van der Waals surface area contributed by atoms with Gasteiger partial charge < -0.3 is 39.7 Å². The average Bonchev–Trinajstić information content (AvgIpc) is 2.99. The zero-order valence-electron chi connectivity index (χ0n) is 12.9. The Bertz CT molecular complexity index is 614. The molecular weight excluding hydrogens is 320 g/mol. The second kappa shape index (κ2) is 6.32. The lowest BCUT2D eigenvalue weighted by Crippen LogP contribution is -2.67. The minimum absolute atomic E-state index is 0.158. The molecule has 2 aliphatic heterocycles. The molecule has 0 bridgehead atoms.